The zero-order valence-electron chi connectivity index (χ0n) is 20.8. The van der Waals surface area contributed by atoms with Crippen molar-refractivity contribution >= 4 is 17.7 Å². The summed E-state index contributed by atoms with van der Waals surface area (Å²) in [7, 11) is 1.53. The number of likely N-dealkylation sites (N-methyl/N-ethyl adjacent to an activating group) is 1. The van der Waals surface area contributed by atoms with Gasteiger partial charge in [0.2, 0.25) is 17.7 Å². The third-order valence-corrected chi connectivity index (χ3v) is 6.12. The molecule has 0 aromatic rings. The van der Waals surface area contributed by atoms with E-state index in [2.05, 4.69) is 17.6 Å². The molecule has 188 valence electrons. The first-order valence-corrected chi connectivity index (χ1v) is 12.9. The van der Waals surface area contributed by atoms with Crippen LogP contribution in [0.5, 0.6) is 0 Å². The molecule has 7 heteroatoms. The van der Waals surface area contributed by atoms with E-state index in [4.69, 9.17) is 5.21 Å². The summed E-state index contributed by atoms with van der Waals surface area (Å²) in [6, 6.07) is -0.608. The molecule has 0 aliphatic rings. The molecule has 7 nitrogen and oxygen atoms in total. The number of hydroxylamine groups is 1. The fraction of sp³-hybridized carbons (Fsp3) is 0.880. The Balaban J connectivity index is 4.01. The van der Waals surface area contributed by atoms with Gasteiger partial charge < -0.3 is 10.6 Å². The van der Waals surface area contributed by atoms with Crippen LogP contribution >= 0.6 is 0 Å². The molecule has 0 bridgehead atoms. The smallest absolute Gasteiger partial charge is 0.244 e. The van der Waals surface area contributed by atoms with Crippen molar-refractivity contribution in [2.45, 2.75) is 129 Å². The van der Waals surface area contributed by atoms with Gasteiger partial charge in [0, 0.05) is 19.4 Å². The number of carbonyl (C=O) groups is 3. The number of unbranched alkanes of at least 4 members (excludes halogenated alkanes) is 13. The Morgan fingerprint density at radius 2 is 1.19 bits per heavy atom. The lowest BCUT2D eigenvalue weighted by Gasteiger charge is -2.20. The maximum absolute atomic E-state index is 12.6. The third kappa shape index (κ3) is 16.1. The average molecular weight is 456 g/mol. The predicted molar refractivity (Wildman–Crippen MR) is 129 cm³/mol. The quantitative estimate of drug-likeness (QED) is 0.111. The van der Waals surface area contributed by atoms with E-state index in [1.54, 1.807) is 5.48 Å². The predicted octanol–water partition coefficient (Wildman–Crippen LogP) is 5.01. The van der Waals surface area contributed by atoms with Crippen LogP contribution in [0.2, 0.25) is 0 Å². The van der Waals surface area contributed by atoms with E-state index in [9.17, 15) is 14.4 Å². The highest BCUT2D eigenvalue weighted by atomic mass is 16.5. The fourth-order valence-corrected chi connectivity index (χ4v) is 4.00. The summed E-state index contributed by atoms with van der Waals surface area (Å²) < 4.78 is 0. The summed E-state index contributed by atoms with van der Waals surface area (Å²) in [6.45, 7) is 4.07. The van der Waals surface area contributed by atoms with Crippen molar-refractivity contribution in [1.29, 1.82) is 0 Å². The standard InChI is InChI=1S/C25H49N3O4/c1-4-6-7-8-9-10-11-12-13-14-15-16-17-18-19-21(20-23(29)28-32)24(30)27-22(5-2)25(31)26-3/h21-22,32H,4-20H2,1-3H3,(H,26,31)(H,27,30)(H,28,29)/t21-,22+/m1/s1. The Labute approximate surface area is 195 Å². The van der Waals surface area contributed by atoms with Crippen molar-refractivity contribution in [3.8, 4) is 0 Å². The van der Waals surface area contributed by atoms with E-state index in [1.165, 1.54) is 77.7 Å². The van der Waals surface area contributed by atoms with E-state index >= 15 is 0 Å². The van der Waals surface area contributed by atoms with E-state index in [1.807, 2.05) is 6.92 Å². The highest BCUT2D eigenvalue weighted by Gasteiger charge is 2.25. The van der Waals surface area contributed by atoms with Crippen LogP contribution in [-0.4, -0.2) is 36.0 Å². The van der Waals surface area contributed by atoms with Crippen LogP contribution in [0.1, 0.15) is 123 Å². The Bertz CT molecular complexity index is 500. The lowest BCUT2D eigenvalue weighted by molar-refractivity contribution is -0.136. The average Bonchev–Trinajstić information content (AvgIpc) is 2.80. The molecule has 0 aliphatic carbocycles. The Morgan fingerprint density at radius 3 is 1.59 bits per heavy atom. The molecular weight excluding hydrogens is 406 g/mol. The minimum Gasteiger partial charge on any atom is -0.357 e. The van der Waals surface area contributed by atoms with Crippen molar-refractivity contribution < 1.29 is 19.6 Å². The van der Waals surface area contributed by atoms with Crippen LogP contribution in [0.15, 0.2) is 0 Å². The van der Waals surface area contributed by atoms with Crippen molar-refractivity contribution in [2.24, 2.45) is 5.92 Å². The minimum atomic E-state index is -0.608. The molecule has 0 aliphatic heterocycles. The van der Waals surface area contributed by atoms with Crippen molar-refractivity contribution in [3.05, 3.63) is 0 Å². The van der Waals surface area contributed by atoms with Gasteiger partial charge in [-0.05, 0) is 12.8 Å². The number of nitrogens with one attached hydrogen (secondary N) is 3. The Kier molecular flexibility index (Phi) is 20.1. The zero-order valence-corrected chi connectivity index (χ0v) is 20.8. The van der Waals surface area contributed by atoms with E-state index in [-0.39, 0.29) is 18.2 Å². The van der Waals surface area contributed by atoms with Crippen molar-refractivity contribution in [1.82, 2.24) is 16.1 Å². The molecule has 0 aromatic heterocycles. The molecule has 32 heavy (non-hydrogen) atoms. The fourth-order valence-electron chi connectivity index (χ4n) is 4.00. The van der Waals surface area contributed by atoms with Gasteiger partial charge in [0.25, 0.3) is 0 Å². The lowest BCUT2D eigenvalue weighted by atomic mass is 9.95. The van der Waals surface area contributed by atoms with E-state index in [0.717, 1.165) is 19.3 Å². The topological polar surface area (TPSA) is 108 Å². The highest BCUT2D eigenvalue weighted by molar-refractivity contribution is 5.90. The molecule has 0 rings (SSSR count). The molecule has 0 spiro atoms. The normalized spacial score (nSPS) is 12.8. The van der Waals surface area contributed by atoms with Gasteiger partial charge in [0.1, 0.15) is 6.04 Å². The first-order valence-electron chi connectivity index (χ1n) is 12.9. The molecule has 0 saturated carbocycles. The molecule has 0 saturated heterocycles. The zero-order chi connectivity index (χ0) is 24.0. The van der Waals surface area contributed by atoms with Gasteiger partial charge in [-0.15, -0.1) is 0 Å². The van der Waals surface area contributed by atoms with Crippen LogP contribution in [0, 0.1) is 5.92 Å². The van der Waals surface area contributed by atoms with Gasteiger partial charge >= 0.3 is 0 Å². The van der Waals surface area contributed by atoms with Crippen LogP contribution in [0.25, 0.3) is 0 Å². The summed E-state index contributed by atoms with van der Waals surface area (Å²) in [5.41, 5.74) is 1.61. The van der Waals surface area contributed by atoms with Gasteiger partial charge in [-0.25, -0.2) is 5.48 Å². The monoisotopic (exact) mass is 455 g/mol. The number of hydrogen-bond acceptors (Lipinski definition) is 4. The molecule has 4 N–H and O–H groups in total. The summed E-state index contributed by atoms with van der Waals surface area (Å²) in [5.74, 6) is -1.68. The van der Waals surface area contributed by atoms with E-state index in [0.29, 0.717) is 12.8 Å². The first-order chi connectivity index (χ1) is 15.5. The lowest BCUT2D eigenvalue weighted by Crippen LogP contribution is -2.47. The maximum Gasteiger partial charge on any atom is 0.244 e. The molecule has 0 heterocycles. The highest BCUT2D eigenvalue weighted by Crippen LogP contribution is 2.17. The minimum absolute atomic E-state index is 0.0784. The largest absolute Gasteiger partial charge is 0.357 e. The number of rotatable bonds is 21. The van der Waals surface area contributed by atoms with E-state index < -0.39 is 17.9 Å². The number of hydrogen-bond donors (Lipinski definition) is 4. The SMILES string of the molecule is CCCCCCCCCCCCCCCC[C@H](CC(=O)NO)C(=O)N[C@@H](CC)C(=O)NC. The summed E-state index contributed by atoms with van der Waals surface area (Å²) in [4.78, 5) is 36.0. The van der Waals surface area contributed by atoms with Gasteiger partial charge in [0.15, 0.2) is 0 Å². The molecule has 0 aromatic carbocycles. The molecule has 0 radical (unpaired) electrons. The van der Waals surface area contributed by atoms with Crippen LogP contribution < -0.4 is 16.1 Å². The second kappa shape index (κ2) is 21.2. The summed E-state index contributed by atoms with van der Waals surface area (Å²) >= 11 is 0. The first kappa shape index (κ1) is 30.4. The van der Waals surface area contributed by atoms with Gasteiger partial charge in [-0.2, -0.15) is 0 Å². The molecule has 2 atom stereocenters. The van der Waals surface area contributed by atoms with Crippen LogP contribution in [0.4, 0.5) is 0 Å². The van der Waals surface area contributed by atoms with Crippen LogP contribution in [0.3, 0.4) is 0 Å². The maximum atomic E-state index is 12.6. The van der Waals surface area contributed by atoms with Crippen molar-refractivity contribution in [3.63, 3.8) is 0 Å². The number of carbonyl (C=O) groups excluding carboxylic acids is 3. The summed E-state index contributed by atoms with van der Waals surface area (Å²) in [6.07, 6.45) is 18.6. The molecule has 3 amide bonds. The molecule has 0 unspecified atom stereocenters. The van der Waals surface area contributed by atoms with Crippen LogP contribution in [-0.2, 0) is 14.4 Å². The second-order valence-corrected chi connectivity index (χ2v) is 8.90. The second-order valence-electron chi connectivity index (χ2n) is 8.90. The Hall–Kier alpha value is -1.63. The summed E-state index contributed by atoms with van der Waals surface area (Å²) in [5, 5.41) is 14.1. The molecule has 0 fully saturated rings. The molecular formula is C25H49N3O4. The van der Waals surface area contributed by atoms with Gasteiger partial charge in [-0.3, -0.25) is 19.6 Å². The Morgan fingerprint density at radius 1 is 0.719 bits per heavy atom. The van der Waals surface area contributed by atoms with Crippen molar-refractivity contribution in [2.75, 3.05) is 7.05 Å². The third-order valence-electron chi connectivity index (χ3n) is 6.12. The van der Waals surface area contributed by atoms with Gasteiger partial charge in [0.05, 0.1) is 0 Å². The van der Waals surface area contributed by atoms with Gasteiger partial charge in [-0.1, -0.05) is 104 Å². The number of amides is 3.